The molecule has 0 aliphatic heterocycles. The SMILES string of the molecule is O=C(c1cccnc1)c1nc2c(cnc3ccccc32)[nH]1. The lowest BCUT2D eigenvalue weighted by molar-refractivity contribution is 0.103. The van der Waals surface area contributed by atoms with Crippen molar-refractivity contribution in [1.29, 1.82) is 0 Å². The molecule has 0 fully saturated rings. The summed E-state index contributed by atoms with van der Waals surface area (Å²) in [5, 5.41) is 0.927. The summed E-state index contributed by atoms with van der Waals surface area (Å²) in [5.74, 6) is 0.125. The number of para-hydroxylation sites is 1. The molecule has 0 aliphatic rings. The summed E-state index contributed by atoms with van der Waals surface area (Å²) in [4.78, 5) is 28.2. The summed E-state index contributed by atoms with van der Waals surface area (Å²) >= 11 is 0. The fourth-order valence-corrected chi connectivity index (χ4v) is 2.35. The van der Waals surface area contributed by atoms with Crippen molar-refractivity contribution in [1.82, 2.24) is 19.9 Å². The Morgan fingerprint density at radius 3 is 2.81 bits per heavy atom. The van der Waals surface area contributed by atoms with Crippen molar-refractivity contribution in [3.63, 3.8) is 0 Å². The van der Waals surface area contributed by atoms with Crippen molar-refractivity contribution >= 4 is 27.7 Å². The third kappa shape index (κ3) is 1.87. The number of carbonyl (C=O) groups is 1. The zero-order chi connectivity index (χ0) is 14.2. The second-order valence-electron chi connectivity index (χ2n) is 4.69. The normalized spacial score (nSPS) is 11.0. The molecular formula is C16H10N4O. The molecule has 21 heavy (non-hydrogen) atoms. The standard InChI is InChI=1S/C16H10N4O/c21-15(10-4-3-7-17-8-10)16-19-13-9-18-12-6-2-1-5-11(12)14(13)20-16/h1-9H,(H,19,20). The number of rotatable bonds is 2. The van der Waals surface area contributed by atoms with Crippen LogP contribution in [0.1, 0.15) is 16.2 Å². The van der Waals surface area contributed by atoms with Gasteiger partial charge in [-0.15, -0.1) is 0 Å². The number of hydrogen-bond acceptors (Lipinski definition) is 4. The van der Waals surface area contributed by atoms with Gasteiger partial charge in [-0.25, -0.2) is 4.98 Å². The molecule has 0 atom stereocenters. The van der Waals surface area contributed by atoms with Gasteiger partial charge in [0.1, 0.15) is 5.52 Å². The number of carbonyl (C=O) groups excluding carboxylic acids is 1. The summed E-state index contributed by atoms with van der Waals surface area (Å²) in [6, 6.07) is 11.2. The molecular weight excluding hydrogens is 264 g/mol. The summed E-state index contributed by atoms with van der Waals surface area (Å²) in [7, 11) is 0. The number of pyridine rings is 2. The highest BCUT2D eigenvalue weighted by Crippen LogP contribution is 2.22. The van der Waals surface area contributed by atoms with E-state index < -0.39 is 0 Å². The van der Waals surface area contributed by atoms with Gasteiger partial charge in [-0.05, 0) is 18.2 Å². The maximum atomic E-state index is 12.4. The summed E-state index contributed by atoms with van der Waals surface area (Å²) < 4.78 is 0. The minimum Gasteiger partial charge on any atom is -0.334 e. The van der Waals surface area contributed by atoms with E-state index in [1.54, 1.807) is 24.5 Å². The molecule has 1 N–H and O–H groups in total. The second-order valence-corrected chi connectivity index (χ2v) is 4.69. The molecule has 0 bridgehead atoms. The number of fused-ring (bicyclic) bond motifs is 3. The van der Waals surface area contributed by atoms with Crippen molar-refractivity contribution in [3.05, 3.63) is 66.4 Å². The Labute approximate surface area is 119 Å². The lowest BCUT2D eigenvalue weighted by atomic mass is 10.2. The highest BCUT2D eigenvalue weighted by atomic mass is 16.1. The molecule has 5 nitrogen and oxygen atoms in total. The molecule has 3 heterocycles. The monoisotopic (exact) mass is 274 g/mol. The van der Waals surface area contributed by atoms with Crippen molar-refractivity contribution in [3.8, 4) is 0 Å². The van der Waals surface area contributed by atoms with Crippen molar-refractivity contribution < 1.29 is 4.79 Å². The first-order chi connectivity index (χ1) is 10.3. The molecule has 100 valence electrons. The van der Waals surface area contributed by atoms with Gasteiger partial charge in [0.25, 0.3) is 0 Å². The first kappa shape index (κ1) is 11.7. The fourth-order valence-electron chi connectivity index (χ4n) is 2.35. The maximum Gasteiger partial charge on any atom is 0.229 e. The average molecular weight is 274 g/mol. The molecule has 0 aliphatic carbocycles. The number of hydrogen-bond donors (Lipinski definition) is 1. The zero-order valence-electron chi connectivity index (χ0n) is 10.9. The van der Waals surface area contributed by atoms with Gasteiger partial charge >= 0.3 is 0 Å². The van der Waals surface area contributed by atoms with Crippen LogP contribution in [0.15, 0.2) is 55.0 Å². The van der Waals surface area contributed by atoms with E-state index in [1.807, 2.05) is 24.3 Å². The lowest BCUT2D eigenvalue weighted by Crippen LogP contribution is -2.03. The van der Waals surface area contributed by atoms with Crippen LogP contribution in [0, 0.1) is 0 Å². The van der Waals surface area contributed by atoms with Crippen LogP contribution in [-0.4, -0.2) is 25.7 Å². The Balaban J connectivity index is 1.91. The molecule has 0 spiro atoms. The summed E-state index contributed by atoms with van der Waals surface area (Å²) in [5.41, 5.74) is 2.87. The van der Waals surface area contributed by atoms with Crippen molar-refractivity contribution in [2.45, 2.75) is 0 Å². The van der Waals surface area contributed by atoms with Gasteiger partial charge in [0, 0.05) is 23.3 Å². The molecule has 3 aromatic heterocycles. The van der Waals surface area contributed by atoms with E-state index in [4.69, 9.17) is 0 Å². The van der Waals surface area contributed by atoms with Gasteiger partial charge in [-0.3, -0.25) is 14.8 Å². The van der Waals surface area contributed by atoms with Crippen LogP contribution < -0.4 is 0 Å². The third-order valence-electron chi connectivity index (χ3n) is 3.36. The summed E-state index contributed by atoms with van der Waals surface area (Å²) in [6.45, 7) is 0. The third-order valence-corrected chi connectivity index (χ3v) is 3.36. The highest BCUT2D eigenvalue weighted by molar-refractivity contribution is 6.10. The van der Waals surface area contributed by atoms with E-state index in [2.05, 4.69) is 19.9 Å². The molecule has 0 saturated heterocycles. The van der Waals surface area contributed by atoms with E-state index in [0.29, 0.717) is 11.4 Å². The van der Waals surface area contributed by atoms with E-state index in [9.17, 15) is 4.79 Å². The Hall–Kier alpha value is -3.08. The maximum absolute atomic E-state index is 12.4. The van der Waals surface area contributed by atoms with Crippen molar-refractivity contribution in [2.24, 2.45) is 0 Å². The summed E-state index contributed by atoms with van der Waals surface area (Å²) in [6.07, 6.45) is 4.86. The van der Waals surface area contributed by atoms with Crippen LogP contribution in [0.2, 0.25) is 0 Å². The second kappa shape index (κ2) is 4.49. The van der Waals surface area contributed by atoms with Gasteiger partial charge in [0.15, 0.2) is 5.82 Å². The Kier molecular flexibility index (Phi) is 2.50. The van der Waals surface area contributed by atoms with Crippen LogP contribution in [0.3, 0.4) is 0 Å². The number of imidazole rings is 1. The minimum absolute atomic E-state index is 0.177. The lowest BCUT2D eigenvalue weighted by Gasteiger charge is -1.95. The topological polar surface area (TPSA) is 71.5 Å². The Bertz CT molecular complexity index is 960. The number of aromatic amines is 1. The quantitative estimate of drug-likeness (QED) is 0.570. The van der Waals surface area contributed by atoms with Gasteiger partial charge < -0.3 is 4.98 Å². The number of ketones is 1. The number of nitrogens with one attached hydrogen (secondary N) is 1. The smallest absolute Gasteiger partial charge is 0.229 e. The van der Waals surface area contributed by atoms with E-state index in [0.717, 1.165) is 21.9 Å². The van der Waals surface area contributed by atoms with Gasteiger partial charge in [-0.1, -0.05) is 18.2 Å². The molecule has 1 aromatic carbocycles. The van der Waals surface area contributed by atoms with Crippen LogP contribution in [-0.2, 0) is 0 Å². The molecule has 0 saturated carbocycles. The Morgan fingerprint density at radius 2 is 1.95 bits per heavy atom. The number of H-pyrrole nitrogens is 1. The van der Waals surface area contributed by atoms with Crippen LogP contribution >= 0.6 is 0 Å². The number of nitrogens with zero attached hydrogens (tertiary/aromatic N) is 3. The van der Waals surface area contributed by atoms with Gasteiger partial charge in [-0.2, -0.15) is 0 Å². The number of aromatic nitrogens is 4. The average Bonchev–Trinajstić information content (AvgIpc) is 2.99. The predicted molar refractivity (Wildman–Crippen MR) is 79.1 cm³/mol. The molecule has 0 radical (unpaired) electrons. The van der Waals surface area contributed by atoms with Crippen molar-refractivity contribution in [2.75, 3.05) is 0 Å². The fraction of sp³-hybridized carbons (Fsp3) is 0. The number of benzene rings is 1. The first-order valence-electron chi connectivity index (χ1n) is 6.51. The first-order valence-corrected chi connectivity index (χ1v) is 6.51. The van der Waals surface area contributed by atoms with Crippen LogP contribution in [0.25, 0.3) is 21.9 Å². The van der Waals surface area contributed by atoms with Gasteiger partial charge in [0.05, 0.1) is 17.2 Å². The van der Waals surface area contributed by atoms with E-state index >= 15 is 0 Å². The Morgan fingerprint density at radius 1 is 1.05 bits per heavy atom. The van der Waals surface area contributed by atoms with Crippen LogP contribution in [0.5, 0.6) is 0 Å². The molecule has 5 heteroatoms. The zero-order valence-corrected chi connectivity index (χ0v) is 10.9. The molecule has 0 amide bonds. The largest absolute Gasteiger partial charge is 0.334 e. The highest BCUT2D eigenvalue weighted by Gasteiger charge is 2.15. The van der Waals surface area contributed by atoms with E-state index in [-0.39, 0.29) is 5.78 Å². The van der Waals surface area contributed by atoms with Gasteiger partial charge in [0.2, 0.25) is 5.78 Å². The van der Waals surface area contributed by atoms with Crippen LogP contribution in [0.4, 0.5) is 0 Å². The molecule has 4 rings (SSSR count). The van der Waals surface area contributed by atoms with E-state index in [1.165, 1.54) is 6.20 Å². The minimum atomic E-state index is -0.177. The predicted octanol–water partition coefficient (Wildman–Crippen LogP) is 2.74. The molecule has 0 unspecified atom stereocenters. The molecule has 4 aromatic rings.